The summed E-state index contributed by atoms with van der Waals surface area (Å²) in [5, 5.41) is 10.7. The number of non-ortho nitro benzene ring substituents is 1. The SMILES string of the molecule is COc1cc(C(=O)/C=C/c2ccc(-c3ccc([N+](=O)[O-])cc3)o2)ccc1OC(F)F. The van der Waals surface area contributed by atoms with Gasteiger partial charge in [0.05, 0.1) is 12.0 Å². The predicted molar refractivity (Wildman–Crippen MR) is 104 cm³/mol. The molecule has 0 spiro atoms. The van der Waals surface area contributed by atoms with E-state index in [0.717, 1.165) is 0 Å². The van der Waals surface area contributed by atoms with Crippen molar-refractivity contribution in [3.63, 3.8) is 0 Å². The summed E-state index contributed by atoms with van der Waals surface area (Å²) in [7, 11) is 1.28. The lowest BCUT2D eigenvalue weighted by Crippen LogP contribution is -2.04. The molecule has 2 aromatic carbocycles. The summed E-state index contributed by atoms with van der Waals surface area (Å²) in [6, 6.07) is 13.0. The lowest BCUT2D eigenvalue weighted by atomic mass is 10.1. The van der Waals surface area contributed by atoms with E-state index in [1.807, 2.05) is 0 Å². The third kappa shape index (κ3) is 4.88. The highest BCUT2D eigenvalue weighted by Crippen LogP contribution is 2.30. The molecular formula is C21H15F2NO6. The van der Waals surface area contributed by atoms with Gasteiger partial charge in [0.25, 0.3) is 5.69 Å². The number of rotatable bonds is 8. The largest absolute Gasteiger partial charge is 0.493 e. The fraction of sp³-hybridized carbons (Fsp3) is 0.0952. The highest BCUT2D eigenvalue weighted by Gasteiger charge is 2.13. The molecule has 0 aliphatic rings. The average molecular weight is 415 g/mol. The second-order valence-electron chi connectivity index (χ2n) is 5.95. The van der Waals surface area contributed by atoms with Crippen LogP contribution in [0.25, 0.3) is 17.4 Å². The number of nitro groups is 1. The maximum atomic E-state index is 12.4. The molecule has 0 aliphatic carbocycles. The molecule has 1 aromatic heterocycles. The van der Waals surface area contributed by atoms with Gasteiger partial charge in [-0.3, -0.25) is 14.9 Å². The number of carbonyl (C=O) groups is 1. The molecule has 0 unspecified atom stereocenters. The second kappa shape index (κ2) is 8.99. The van der Waals surface area contributed by atoms with Crippen molar-refractivity contribution in [2.45, 2.75) is 6.61 Å². The molecular weight excluding hydrogens is 400 g/mol. The van der Waals surface area contributed by atoms with Gasteiger partial charge in [-0.1, -0.05) is 0 Å². The van der Waals surface area contributed by atoms with Crippen LogP contribution in [-0.4, -0.2) is 24.4 Å². The predicted octanol–water partition coefficient (Wildman–Crippen LogP) is 5.36. The van der Waals surface area contributed by atoms with E-state index in [1.54, 1.807) is 24.3 Å². The van der Waals surface area contributed by atoms with E-state index in [4.69, 9.17) is 9.15 Å². The molecule has 0 bridgehead atoms. The zero-order valence-corrected chi connectivity index (χ0v) is 15.6. The molecule has 0 aliphatic heterocycles. The van der Waals surface area contributed by atoms with Gasteiger partial charge in [-0.25, -0.2) is 0 Å². The number of hydrogen-bond acceptors (Lipinski definition) is 6. The van der Waals surface area contributed by atoms with E-state index < -0.39 is 17.3 Å². The fourth-order valence-electron chi connectivity index (χ4n) is 2.61. The van der Waals surface area contributed by atoms with Gasteiger partial charge in [0, 0.05) is 23.3 Å². The molecule has 1 heterocycles. The average Bonchev–Trinajstić information content (AvgIpc) is 3.21. The summed E-state index contributed by atoms with van der Waals surface area (Å²) >= 11 is 0. The maximum Gasteiger partial charge on any atom is 0.387 e. The highest BCUT2D eigenvalue weighted by atomic mass is 19.3. The second-order valence-corrected chi connectivity index (χ2v) is 5.95. The van der Waals surface area contributed by atoms with Crippen molar-refractivity contribution in [3.8, 4) is 22.8 Å². The van der Waals surface area contributed by atoms with E-state index in [1.165, 1.54) is 49.6 Å². The summed E-state index contributed by atoms with van der Waals surface area (Å²) in [6.45, 7) is -3.01. The Hall–Kier alpha value is -4.01. The summed E-state index contributed by atoms with van der Waals surface area (Å²) in [5.41, 5.74) is 0.828. The number of allylic oxidation sites excluding steroid dienone is 1. The van der Waals surface area contributed by atoms with Gasteiger partial charge >= 0.3 is 6.61 Å². The Labute approximate surface area is 169 Å². The standard InChI is InChI=1S/C21H15F2NO6/c1-28-20-12-14(4-10-19(20)30-21(22)23)17(25)9-7-16-8-11-18(29-16)13-2-5-15(6-3-13)24(26)27/h2-12,21H,1H3/b9-7+. The number of methoxy groups -OCH3 is 1. The topological polar surface area (TPSA) is 91.8 Å². The van der Waals surface area contributed by atoms with Gasteiger partial charge in [0.15, 0.2) is 17.3 Å². The molecule has 3 aromatic rings. The van der Waals surface area contributed by atoms with Gasteiger partial charge in [-0.2, -0.15) is 8.78 Å². The number of halogens is 2. The van der Waals surface area contributed by atoms with Crippen molar-refractivity contribution in [2.75, 3.05) is 7.11 Å². The van der Waals surface area contributed by atoms with Gasteiger partial charge in [0.1, 0.15) is 11.5 Å². The minimum Gasteiger partial charge on any atom is -0.493 e. The molecule has 0 fully saturated rings. The van der Waals surface area contributed by atoms with Crippen LogP contribution in [-0.2, 0) is 0 Å². The Morgan fingerprint density at radius 3 is 2.47 bits per heavy atom. The molecule has 9 heteroatoms. The molecule has 0 radical (unpaired) electrons. The van der Waals surface area contributed by atoms with Gasteiger partial charge < -0.3 is 13.9 Å². The van der Waals surface area contributed by atoms with E-state index >= 15 is 0 Å². The summed E-state index contributed by atoms with van der Waals surface area (Å²) in [6.07, 6.45) is 2.72. The molecule has 0 N–H and O–H groups in total. The van der Waals surface area contributed by atoms with Gasteiger partial charge in [-0.15, -0.1) is 0 Å². The molecule has 0 amide bonds. The van der Waals surface area contributed by atoms with Crippen LogP contribution < -0.4 is 9.47 Å². The molecule has 154 valence electrons. The van der Waals surface area contributed by atoms with Crippen LogP contribution in [0.15, 0.2) is 65.1 Å². The Kier molecular flexibility index (Phi) is 6.21. The molecule has 30 heavy (non-hydrogen) atoms. The number of hydrogen-bond donors (Lipinski definition) is 0. The number of carbonyl (C=O) groups excluding carboxylic acids is 1. The van der Waals surface area contributed by atoms with Crippen LogP contribution in [0.1, 0.15) is 16.1 Å². The zero-order valence-electron chi connectivity index (χ0n) is 15.6. The number of ketones is 1. The number of furan rings is 1. The van der Waals surface area contributed by atoms with Crippen LogP contribution in [0.4, 0.5) is 14.5 Å². The van der Waals surface area contributed by atoms with Crippen molar-refractivity contribution in [1.29, 1.82) is 0 Å². The summed E-state index contributed by atoms with van der Waals surface area (Å²) in [5.74, 6) is 0.304. The van der Waals surface area contributed by atoms with Crippen LogP contribution in [0.5, 0.6) is 11.5 Å². The smallest absolute Gasteiger partial charge is 0.387 e. The molecule has 0 atom stereocenters. The minimum absolute atomic E-state index is 0.00741. The van der Waals surface area contributed by atoms with Crippen LogP contribution in [0.2, 0.25) is 0 Å². The maximum absolute atomic E-state index is 12.4. The highest BCUT2D eigenvalue weighted by molar-refractivity contribution is 6.07. The number of nitrogens with zero attached hydrogens (tertiary/aromatic N) is 1. The number of nitro benzene ring substituents is 1. The fourth-order valence-corrected chi connectivity index (χ4v) is 2.61. The van der Waals surface area contributed by atoms with Gasteiger partial charge in [0.2, 0.25) is 0 Å². The Morgan fingerprint density at radius 1 is 1.10 bits per heavy atom. The Bertz CT molecular complexity index is 1090. The Balaban J connectivity index is 1.73. The van der Waals surface area contributed by atoms with Crippen LogP contribution in [0.3, 0.4) is 0 Å². The molecule has 3 rings (SSSR count). The first-order valence-electron chi connectivity index (χ1n) is 8.57. The van der Waals surface area contributed by atoms with Gasteiger partial charge in [-0.05, 0) is 54.6 Å². The van der Waals surface area contributed by atoms with Crippen molar-refractivity contribution in [1.82, 2.24) is 0 Å². The first kappa shape index (κ1) is 20.7. The lowest BCUT2D eigenvalue weighted by Gasteiger charge is -2.10. The molecule has 0 saturated heterocycles. The molecule has 7 nitrogen and oxygen atoms in total. The van der Waals surface area contributed by atoms with Crippen LogP contribution >= 0.6 is 0 Å². The third-order valence-electron chi connectivity index (χ3n) is 4.05. The lowest BCUT2D eigenvalue weighted by molar-refractivity contribution is -0.384. The van der Waals surface area contributed by atoms with Crippen LogP contribution in [0, 0.1) is 10.1 Å². The monoisotopic (exact) mass is 415 g/mol. The minimum atomic E-state index is -3.01. The van der Waals surface area contributed by atoms with Crippen molar-refractivity contribution < 1.29 is 32.4 Å². The number of alkyl halides is 2. The number of benzene rings is 2. The molecule has 0 saturated carbocycles. The summed E-state index contributed by atoms with van der Waals surface area (Å²) in [4.78, 5) is 22.6. The van der Waals surface area contributed by atoms with E-state index in [0.29, 0.717) is 17.1 Å². The first-order valence-corrected chi connectivity index (χ1v) is 8.57. The van der Waals surface area contributed by atoms with Crippen molar-refractivity contribution >= 4 is 17.5 Å². The third-order valence-corrected chi connectivity index (χ3v) is 4.05. The van der Waals surface area contributed by atoms with E-state index in [2.05, 4.69) is 4.74 Å². The van der Waals surface area contributed by atoms with Crippen molar-refractivity contribution in [3.05, 3.63) is 82.1 Å². The zero-order chi connectivity index (χ0) is 21.7. The normalized spacial score (nSPS) is 11.1. The van der Waals surface area contributed by atoms with E-state index in [-0.39, 0.29) is 22.7 Å². The quantitative estimate of drug-likeness (QED) is 0.213. The first-order chi connectivity index (χ1) is 14.4. The number of ether oxygens (including phenoxy) is 2. The van der Waals surface area contributed by atoms with E-state index in [9.17, 15) is 23.7 Å². The summed E-state index contributed by atoms with van der Waals surface area (Å²) < 4.78 is 39.7. The Morgan fingerprint density at radius 2 is 1.83 bits per heavy atom. The van der Waals surface area contributed by atoms with Crippen molar-refractivity contribution in [2.24, 2.45) is 0 Å².